The summed E-state index contributed by atoms with van der Waals surface area (Å²) in [5, 5.41) is 10.2. The number of hydrogen-bond acceptors (Lipinski definition) is 1. The number of allylic oxidation sites excluding steroid dienone is 4. The first-order valence-electron chi connectivity index (χ1n) is 19.5. The number of hydrogen-bond donors (Lipinski definition) is 0. The van der Waals surface area contributed by atoms with Crippen LogP contribution < -0.4 is 4.90 Å². The van der Waals surface area contributed by atoms with E-state index in [9.17, 15) is 0 Å². The van der Waals surface area contributed by atoms with E-state index < -0.39 is 0 Å². The van der Waals surface area contributed by atoms with E-state index >= 15 is 0 Å². The summed E-state index contributed by atoms with van der Waals surface area (Å²) in [5.41, 5.74) is 10.7. The van der Waals surface area contributed by atoms with Gasteiger partial charge in [-0.15, -0.1) is 0 Å². The fraction of sp³-hybridized carbons (Fsp3) is 0.0370. The molecule has 1 heterocycles. The number of rotatable bonds is 6. The van der Waals surface area contributed by atoms with Crippen molar-refractivity contribution in [2.24, 2.45) is 0 Å². The zero-order valence-electron chi connectivity index (χ0n) is 30.9. The van der Waals surface area contributed by atoms with Gasteiger partial charge in [0.2, 0.25) is 0 Å². The highest BCUT2D eigenvalue weighted by Crippen LogP contribution is 2.47. The van der Waals surface area contributed by atoms with Gasteiger partial charge in [-0.3, -0.25) is 0 Å². The Kier molecular flexibility index (Phi) is 7.67. The molecule has 10 aromatic rings. The maximum Gasteiger partial charge on any atom is 0.0562 e. The number of aromatic nitrogens is 1. The van der Waals surface area contributed by atoms with E-state index in [4.69, 9.17) is 0 Å². The minimum atomic E-state index is 0.248. The molecular weight excluding hydrogens is 677 g/mol. The van der Waals surface area contributed by atoms with Gasteiger partial charge >= 0.3 is 0 Å². The van der Waals surface area contributed by atoms with Crippen molar-refractivity contribution in [1.82, 2.24) is 4.57 Å². The number of fused-ring (bicyclic) bond motifs is 8. The van der Waals surface area contributed by atoms with Gasteiger partial charge in [0.1, 0.15) is 0 Å². The molecular formula is C54H38N2. The topological polar surface area (TPSA) is 8.17 Å². The number of anilines is 3. The summed E-state index contributed by atoms with van der Waals surface area (Å²) in [6.07, 6.45) is 9.92. The smallest absolute Gasteiger partial charge is 0.0562 e. The van der Waals surface area contributed by atoms with E-state index in [2.05, 4.69) is 222 Å². The molecule has 1 aliphatic carbocycles. The van der Waals surface area contributed by atoms with Gasteiger partial charge in [0, 0.05) is 27.5 Å². The molecule has 0 fully saturated rings. The summed E-state index contributed by atoms with van der Waals surface area (Å²) >= 11 is 0. The lowest BCUT2D eigenvalue weighted by atomic mass is 9.92. The van der Waals surface area contributed by atoms with Crippen LogP contribution in [0.15, 0.2) is 212 Å². The molecule has 1 aliphatic rings. The highest BCUT2D eigenvalue weighted by atomic mass is 15.2. The average Bonchev–Trinajstić information content (AvgIpc) is 3.62. The second-order valence-electron chi connectivity index (χ2n) is 14.8. The molecule has 11 rings (SSSR count). The van der Waals surface area contributed by atoms with E-state index in [0.29, 0.717) is 0 Å². The fourth-order valence-corrected chi connectivity index (χ4v) is 9.18. The maximum atomic E-state index is 2.53. The lowest BCUT2D eigenvalue weighted by Gasteiger charge is -2.29. The van der Waals surface area contributed by atoms with Crippen LogP contribution in [0, 0.1) is 0 Å². The Hall–Kier alpha value is -7.16. The molecule has 0 amide bonds. The van der Waals surface area contributed by atoms with Crippen molar-refractivity contribution in [3.8, 4) is 22.3 Å². The molecule has 0 radical (unpaired) electrons. The molecule has 9 aromatic carbocycles. The second kappa shape index (κ2) is 13.3. The number of benzene rings is 9. The fourth-order valence-electron chi connectivity index (χ4n) is 9.18. The largest absolute Gasteiger partial charge is 0.333 e. The van der Waals surface area contributed by atoms with Gasteiger partial charge in [0.25, 0.3) is 0 Å². The molecule has 0 N–H and O–H groups in total. The summed E-state index contributed by atoms with van der Waals surface area (Å²) in [7, 11) is 0. The zero-order chi connectivity index (χ0) is 37.0. The van der Waals surface area contributed by atoms with Gasteiger partial charge in [-0.1, -0.05) is 176 Å². The molecule has 0 bridgehead atoms. The molecule has 264 valence electrons. The third-order valence-electron chi connectivity index (χ3n) is 11.7. The van der Waals surface area contributed by atoms with Crippen molar-refractivity contribution in [2.75, 3.05) is 4.90 Å². The van der Waals surface area contributed by atoms with Gasteiger partial charge in [-0.05, 0) is 91.8 Å². The first kappa shape index (κ1) is 32.3. The Morgan fingerprint density at radius 1 is 0.411 bits per heavy atom. The van der Waals surface area contributed by atoms with Crippen molar-refractivity contribution in [1.29, 1.82) is 0 Å². The summed E-state index contributed by atoms with van der Waals surface area (Å²) in [4.78, 5) is 2.48. The molecule has 2 nitrogen and oxygen atoms in total. The maximum absolute atomic E-state index is 2.53. The van der Waals surface area contributed by atoms with Crippen molar-refractivity contribution < 1.29 is 0 Å². The minimum absolute atomic E-state index is 0.248. The predicted molar refractivity (Wildman–Crippen MR) is 239 cm³/mol. The van der Waals surface area contributed by atoms with Gasteiger partial charge in [0.15, 0.2) is 0 Å². The standard InChI is InChI=1S/C54H38N2/c1-3-15-37(16-4-1)44-20-9-11-25-49(44)56(52-28-14-27-51-54(52)48-22-10-12-26-50(48)55(51)41-18-5-2-6-19-41)42-34-31-39(32-35-42)43-23-13-24-47-46(43)36-33-40-30-29-38-17-7-8-21-45(38)53(40)47/h1-18,20-36,41H,19H2. The van der Waals surface area contributed by atoms with Crippen LogP contribution in [-0.4, -0.2) is 4.57 Å². The van der Waals surface area contributed by atoms with Gasteiger partial charge in [-0.2, -0.15) is 0 Å². The molecule has 0 saturated heterocycles. The number of nitrogens with zero attached hydrogens (tertiary/aromatic N) is 2. The molecule has 0 saturated carbocycles. The summed E-state index contributed by atoms with van der Waals surface area (Å²) in [5.74, 6) is 0. The lowest BCUT2D eigenvalue weighted by Crippen LogP contribution is -2.12. The Balaban J connectivity index is 1.13. The first-order valence-corrected chi connectivity index (χ1v) is 19.5. The van der Waals surface area contributed by atoms with Crippen LogP contribution in [0.1, 0.15) is 12.5 Å². The minimum Gasteiger partial charge on any atom is -0.333 e. The third kappa shape index (κ3) is 5.18. The van der Waals surface area contributed by atoms with Crippen LogP contribution >= 0.6 is 0 Å². The van der Waals surface area contributed by atoms with Gasteiger partial charge in [-0.25, -0.2) is 0 Å². The molecule has 1 unspecified atom stereocenters. The van der Waals surface area contributed by atoms with Crippen molar-refractivity contribution in [3.63, 3.8) is 0 Å². The highest BCUT2D eigenvalue weighted by Gasteiger charge is 2.24. The SMILES string of the molecule is C1=CCC(n2c3ccccc3c3c(N(c4ccc(-c5cccc6c5ccc5ccc7ccccc7c56)cc4)c4ccccc4-c4ccccc4)cccc32)C=C1. The Morgan fingerprint density at radius 2 is 1.07 bits per heavy atom. The monoisotopic (exact) mass is 714 g/mol. The molecule has 0 spiro atoms. The highest BCUT2D eigenvalue weighted by molar-refractivity contribution is 6.22. The van der Waals surface area contributed by atoms with Gasteiger partial charge < -0.3 is 9.47 Å². The molecule has 0 aliphatic heterocycles. The summed E-state index contributed by atoms with van der Waals surface area (Å²) < 4.78 is 2.53. The first-order chi connectivity index (χ1) is 27.8. The van der Waals surface area contributed by atoms with E-state index in [0.717, 1.165) is 23.5 Å². The van der Waals surface area contributed by atoms with E-state index in [1.165, 1.54) is 76.4 Å². The average molecular weight is 715 g/mol. The zero-order valence-corrected chi connectivity index (χ0v) is 30.9. The Labute approximate surface area is 326 Å². The Bertz CT molecular complexity index is 3170. The van der Waals surface area contributed by atoms with Crippen LogP contribution in [-0.2, 0) is 0 Å². The van der Waals surface area contributed by atoms with Crippen LogP contribution in [0.25, 0.3) is 76.4 Å². The van der Waals surface area contributed by atoms with E-state index in [1.807, 2.05) is 0 Å². The van der Waals surface area contributed by atoms with Gasteiger partial charge in [0.05, 0.1) is 22.9 Å². The predicted octanol–water partition coefficient (Wildman–Crippen LogP) is 15.1. The van der Waals surface area contributed by atoms with Crippen molar-refractivity contribution in [2.45, 2.75) is 12.5 Å². The van der Waals surface area contributed by atoms with E-state index in [1.54, 1.807) is 0 Å². The third-order valence-corrected chi connectivity index (χ3v) is 11.7. The van der Waals surface area contributed by atoms with Crippen LogP contribution in [0.2, 0.25) is 0 Å². The molecule has 1 atom stereocenters. The molecule has 56 heavy (non-hydrogen) atoms. The van der Waals surface area contributed by atoms with Crippen LogP contribution in [0.3, 0.4) is 0 Å². The number of para-hydroxylation sites is 2. The quantitative estimate of drug-likeness (QED) is 0.156. The van der Waals surface area contributed by atoms with Crippen LogP contribution in [0.5, 0.6) is 0 Å². The molecule has 2 heteroatoms. The van der Waals surface area contributed by atoms with Crippen molar-refractivity contribution >= 4 is 71.2 Å². The van der Waals surface area contributed by atoms with E-state index in [-0.39, 0.29) is 6.04 Å². The van der Waals surface area contributed by atoms with Crippen molar-refractivity contribution in [3.05, 3.63) is 212 Å². The normalized spacial score (nSPS) is 14.0. The summed E-state index contributed by atoms with van der Waals surface area (Å²) in [6.45, 7) is 0. The Morgan fingerprint density at radius 3 is 1.95 bits per heavy atom. The lowest BCUT2D eigenvalue weighted by molar-refractivity contribution is 0.648. The molecule has 1 aromatic heterocycles. The van der Waals surface area contributed by atoms with Crippen LogP contribution in [0.4, 0.5) is 17.1 Å². The second-order valence-corrected chi connectivity index (χ2v) is 14.8. The summed E-state index contributed by atoms with van der Waals surface area (Å²) in [6, 6.07) is 69.3.